The largest absolute Gasteiger partial charge is 0.358 e. The minimum atomic E-state index is -0.468. The van der Waals surface area contributed by atoms with Crippen molar-refractivity contribution in [3.63, 3.8) is 0 Å². The number of hydrogen-bond donors (Lipinski definition) is 1. The molecule has 1 atom stereocenters. The number of carbonyl (C=O) groups is 2. The van der Waals surface area contributed by atoms with E-state index in [9.17, 15) is 14.0 Å². The van der Waals surface area contributed by atoms with Crippen molar-refractivity contribution >= 4 is 28.4 Å². The molecular formula is C21H18FN3O2. The number of aromatic nitrogens is 1. The maximum absolute atomic E-state index is 13.2. The fourth-order valence-electron chi connectivity index (χ4n) is 4.22. The molecule has 2 aliphatic heterocycles. The molecule has 1 fully saturated rings. The minimum absolute atomic E-state index is 0.161. The molecule has 0 saturated carbocycles. The van der Waals surface area contributed by atoms with Gasteiger partial charge in [0.25, 0.3) is 5.91 Å². The summed E-state index contributed by atoms with van der Waals surface area (Å²) >= 11 is 0. The predicted molar refractivity (Wildman–Crippen MR) is 99.7 cm³/mol. The summed E-state index contributed by atoms with van der Waals surface area (Å²) in [5, 5.41) is 1.17. The molecule has 0 aliphatic carbocycles. The summed E-state index contributed by atoms with van der Waals surface area (Å²) in [6.07, 6.45) is 0.979. The van der Waals surface area contributed by atoms with Gasteiger partial charge in [-0.25, -0.2) is 9.29 Å². The molecule has 2 aliphatic rings. The zero-order chi connectivity index (χ0) is 18.5. The van der Waals surface area contributed by atoms with E-state index < -0.39 is 11.9 Å². The standard InChI is InChI=1S/C21H18FN3O2/c22-13-5-7-14(8-6-13)25-20(26)11-19(21(25)27)24-10-9-18-16(12-24)15-3-1-2-4-17(15)23-18/h1-8,19,23H,9-12H2. The number of aromatic amines is 1. The van der Waals surface area contributed by atoms with Crippen LogP contribution >= 0.6 is 0 Å². The molecule has 27 heavy (non-hydrogen) atoms. The highest BCUT2D eigenvalue weighted by atomic mass is 19.1. The van der Waals surface area contributed by atoms with E-state index in [4.69, 9.17) is 0 Å². The van der Waals surface area contributed by atoms with Crippen LogP contribution in [0.25, 0.3) is 10.9 Å². The Morgan fingerprint density at radius 2 is 1.81 bits per heavy atom. The molecule has 136 valence electrons. The van der Waals surface area contributed by atoms with Gasteiger partial charge in [-0.05, 0) is 35.9 Å². The summed E-state index contributed by atoms with van der Waals surface area (Å²) in [5.74, 6) is -0.853. The number of carbonyl (C=O) groups excluding carboxylic acids is 2. The Labute approximate surface area is 155 Å². The second kappa shape index (κ2) is 6.03. The predicted octanol–water partition coefficient (Wildman–Crippen LogP) is 3.00. The monoisotopic (exact) mass is 363 g/mol. The lowest BCUT2D eigenvalue weighted by molar-refractivity contribution is -0.123. The summed E-state index contributed by atoms with van der Waals surface area (Å²) in [4.78, 5) is 32.2. The molecule has 0 radical (unpaired) electrons. The number of nitrogens with one attached hydrogen (secondary N) is 1. The number of H-pyrrole nitrogens is 1. The lowest BCUT2D eigenvalue weighted by Crippen LogP contribution is -2.44. The fourth-order valence-corrected chi connectivity index (χ4v) is 4.22. The summed E-state index contributed by atoms with van der Waals surface area (Å²) in [6, 6.07) is 13.2. The van der Waals surface area contributed by atoms with Gasteiger partial charge in [0.2, 0.25) is 5.91 Å². The van der Waals surface area contributed by atoms with Crippen molar-refractivity contribution in [2.75, 3.05) is 11.4 Å². The quantitative estimate of drug-likeness (QED) is 0.712. The highest BCUT2D eigenvalue weighted by Gasteiger charge is 2.43. The van der Waals surface area contributed by atoms with Crippen LogP contribution in [0, 0.1) is 5.82 Å². The van der Waals surface area contributed by atoms with E-state index in [0.29, 0.717) is 12.2 Å². The van der Waals surface area contributed by atoms with Gasteiger partial charge in [-0.2, -0.15) is 0 Å². The van der Waals surface area contributed by atoms with E-state index in [1.54, 1.807) is 0 Å². The summed E-state index contributed by atoms with van der Waals surface area (Å²) in [6.45, 7) is 1.36. The van der Waals surface area contributed by atoms with Crippen LogP contribution in [0.4, 0.5) is 10.1 Å². The van der Waals surface area contributed by atoms with E-state index in [0.717, 1.165) is 18.5 Å². The maximum Gasteiger partial charge on any atom is 0.251 e. The molecule has 5 nitrogen and oxygen atoms in total. The van der Waals surface area contributed by atoms with Gasteiger partial charge in [0.1, 0.15) is 5.82 Å². The molecule has 3 aromatic rings. The molecular weight excluding hydrogens is 345 g/mol. The van der Waals surface area contributed by atoms with Crippen molar-refractivity contribution in [3.8, 4) is 0 Å². The van der Waals surface area contributed by atoms with Gasteiger partial charge in [0, 0.05) is 36.1 Å². The zero-order valence-electron chi connectivity index (χ0n) is 14.6. The van der Waals surface area contributed by atoms with Crippen LogP contribution in [-0.2, 0) is 22.6 Å². The van der Waals surface area contributed by atoms with Crippen molar-refractivity contribution in [2.24, 2.45) is 0 Å². The lowest BCUT2D eigenvalue weighted by atomic mass is 10.0. The Balaban J connectivity index is 1.43. The SMILES string of the molecule is O=C1CC(N2CCc3[nH]c4ccccc4c3C2)C(=O)N1c1ccc(F)cc1. The average Bonchev–Trinajstić information content (AvgIpc) is 3.19. The molecule has 3 heterocycles. The van der Waals surface area contributed by atoms with E-state index in [2.05, 4.69) is 22.0 Å². The number of amides is 2. The van der Waals surface area contributed by atoms with Crippen LogP contribution in [0.2, 0.25) is 0 Å². The molecule has 0 spiro atoms. The number of anilines is 1. The normalized spacial score (nSPS) is 20.5. The molecule has 0 bridgehead atoms. The highest BCUT2D eigenvalue weighted by Crippen LogP contribution is 2.32. The van der Waals surface area contributed by atoms with Crippen molar-refractivity contribution in [1.29, 1.82) is 0 Å². The van der Waals surface area contributed by atoms with E-state index in [1.165, 1.54) is 45.8 Å². The molecule has 6 heteroatoms. The fraction of sp³-hybridized carbons (Fsp3) is 0.238. The first kappa shape index (κ1) is 16.2. The summed E-state index contributed by atoms with van der Waals surface area (Å²) < 4.78 is 13.2. The van der Waals surface area contributed by atoms with Crippen molar-refractivity contribution in [2.45, 2.75) is 25.4 Å². The van der Waals surface area contributed by atoms with Gasteiger partial charge in [0.05, 0.1) is 18.2 Å². The van der Waals surface area contributed by atoms with Crippen LogP contribution in [0.5, 0.6) is 0 Å². The molecule has 1 saturated heterocycles. The first-order valence-corrected chi connectivity index (χ1v) is 9.07. The van der Waals surface area contributed by atoms with Crippen LogP contribution in [0.15, 0.2) is 48.5 Å². The van der Waals surface area contributed by atoms with Gasteiger partial charge >= 0.3 is 0 Å². The van der Waals surface area contributed by atoms with Crippen LogP contribution < -0.4 is 4.90 Å². The van der Waals surface area contributed by atoms with Gasteiger partial charge in [-0.3, -0.25) is 14.5 Å². The number of para-hydroxylation sites is 1. The number of fused-ring (bicyclic) bond motifs is 3. The summed E-state index contributed by atoms with van der Waals surface area (Å²) in [5.41, 5.74) is 3.95. The second-order valence-electron chi connectivity index (χ2n) is 7.11. The third-order valence-corrected chi connectivity index (χ3v) is 5.56. The molecule has 1 aromatic heterocycles. The Bertz CT molecular complexity index is 1060. The van der Waals surface area contributed by atoms with Gasteiger partial charge in [-0.1, -0.05) is 18.2 Å². The lowest BCUT2D eigenvalue weighted by Gasteiger charge is -2.31. The third kappa shape index (κ3) is 2.56. The molecule has 2 amide bonds. The molecule has 2 aromatic carbocycles. The minimum Gasteiger partial charge on any atom is -0.358 e. The Hall–Kier alpha value is -2.99. The molecule has 1 N–H and O–H groups in total. The van der Waals surface area contributed by atoms with Crippen LogP contribution in [0.3, 0.4) is 0 Å². The number of hydrogen-bond acceptors (Lipinski definition) is 3. The van der Waals surface area contributed by atoms with Crippen molar-refractivity contribution in [1.82, 2.24) is 9.88 Å². The van der Waals surface area contributed by atoms with E-state index in [1.807, 2.05) is 12.1 Å². The summed E-state index contributed by atoms with van der Waals surface area (Å²) in [7, 11) is 0. The van der Waals surface area contributed by atoms with Gasteiger partial charge < -0.3 is 4.98 Å². The number of rotatable bonds is 2. The van der Waals surface area contributed by atoms with Crippen LogP contribution in [-0.4, -0.2) is 34.3 Å². The van der Waals surface area contributed by atoms with Gasteiger partial charge in [-0.15, -0.1) is 0 Å². The first-order valence-electron chi connectivity index (χ1n) is 9.07. The number of imide groups is 1. The smallest absolute Gasteiger partial charge is 0.251 e. The maximum atomic E-state index is 13.2. The number of halogens is 1. The van der Waals surface area contributed by atoms with Crippen molar-refractivity contribution in [3.05, 3.63) is 65.6 Å². The van der Waals surface area contributed by atoms with Gasteiger partial charge in [0.15, 0.2) is 0 Å². The Morgan fingerprint density at radius 3 is 2.63 bits per heavy atom. The Kier molecular flexibility index (Phi) is 3.62. The van der Waals surface area contributed by atoms with Crippen molar-refractivity contribution < 1.29 is 14.0 Å². The van der Waals surface area contributed by atoms with E-state index in [-0.39, 0.29) is 18.2 Å². The average molecular weight is 363 g/mol. The highest BCUT2D eigenvalue weighted by molar-refractivity contribution is 6.22. The Morgan fingerprint density at radius 1 is 1.04 bits per heavy atom. The first-order chi connectivity index (χ1) is 13.1. The second-order valence-corrected chi connectivity index (χ2v) is 7.11. The zero-order valence-corrected chi connectivity index (χ0v) is 14.6. The third-order valence-electron chi connectivity index (χ3n) is 5.56. The number of benzene rings is 2. The molecule has 5 rings (SSSR count). The number of nitrogens with zero attached hydrogens (tertiary/aromatic N) is 2. The topological polar surface area (TPSA) is 56.4 Å². The molecule has 1 unspecified atom stereocenters. The van der Waals surface area contributed by atoms with Crippen LogP contribution in [0.1, 0.15) is 17.7 Å². The van der Waals surface area contributed by atoms with E-state index >= 15 is 0 Å².